The van der Waals surface area contributed by atoms with E-state index in [1.165, 1.54) is 11.1 Å². The summed E-state index contributed by atoms with van der Waals surface area (Å²) in [5, 5.41) is 3.28. The van der Waals surface area contributed by atoms with E-state index in [-0.39, 0.29) is 5.91 Å². The van der Waals surface area contributed by atoms with E-state index in [0.717, 1.165) is 53.6 Å². The molecule has 7 heteroatoms. The Morgan fingerprint density at radius 1 is 0.969 bits per heavy atom. The Morgan fingerprint density at radius 2 is 1.62 bits per heavy atom. The number of amides is 1. The molecule has 0 aliphatic carbocycles. The van der Waals surface area contributed by atoms with Crippen molar-refractivity contribution in [1.29, 1.82) is 0 Å². The van der Waals surface area contributed by atoms with E-state index in [1.807, 2.05) is 43.3 Å². The normalized spacial score (nSPS) is 15.7. The summed E-state index contributed by atoms with van der Waals surface area (Å²) in [7, 11) is 0. The van der Waals surface area contributed by atoms with Crippen molar-refractivity contribution in [2.24, 2.45) is 5.73 Å². The molecule has 1 fully saturated rings. The highest BCUT2D eigenvalue weighted by Gasteiger charge is 2.30. The van der Waals surface area contributed by atoms with Gasteiger partial charge in [0.2, 0.25) is 5.91 Å². The number of piperazine rings is 1. The molecule has 2 aromatic carbocycles. The van der Waals surface area contributed by atoms with Crippen LogP contribution in [0.1, 0.15) is 17.4 Å². The Hall–Kier alpha value is -3.29. The number of thiophene rings is 1. The van der Waals surface area contributed by atoms with Gasteiger partial charge in [-0.05, 0) is 18.1 Å². The summed E-state index contributed by atoms with van der Waals surface area (Å²) in [6, 6.07) is 19.8. The van der Waals surface area contributed by atoms with Crippen molar-refractivity contribution in [3.05, 3.63) is 77.4 Å². The van der Waals surface area contributed by atoms with Crippen LogP contribution < -0.4 is 10.6 Å². The number of hydrogen-bond donors (Lipinski definition) is 1. The second kappa shape index (κ2) is 8.68. The summed E-state index contributed by atoms with van der Waals surface area (Å²) in [5.74, 6) is 1.44. The van der Waals surface area contributed by atoms with Crippen molar-refractivity contribution in [3.8, 4) is 11.1 Å². The highest BCUT2D eigenvalue weighted by molar-refractivity contribution is 7.17. The van der Waals surface area contributed by atoms with Crippen LogP contribution in [0.5, 0.6) is 0 Å². The van der Waals surface area contributed by atoms with Gasteiger partial charge in [0, 0.05) is 37.1 Å². The molecule has 2 aromatic heterocycles. The van der Waals surface area contributed by atoms with Crippen molar-refractivity contribution in [2.75, 3.05) is 31.1 Å². The number of primary amides is 1. The standard InChI is InChI=1S/C25H25N5OS/c1-17-27-24(21-20(16-32-25(21)28-17)18-8-4-2-5-9-18)30-14-12-29(13-15-30)22(23(26)31)19-10-6-3-7-11-19/h2-11,16,22H,12-15H2,1H3,(H2,26,31). The van der Waals surface area contributed by atoms with Crippen LogP contribution in [0.25, 0.3) is 21.3 Å². The van der Waals surface area contributed by atoms with Crippen LogP contribution in [-0.2, 0) is 4.79 Å². The summed E-state index contributed by atoms with van der Waals surface area (Å²) < 4.78 is 0. The van der Waals surface area contributed by atoms with Gasteiger partial charge in [-0.1, -0.05) is 60.7 Å². The fourth-order valence-electron chi connectivity index (χ4n) is 4.47. The Morgan fingerprint density at radius 3 is 2.28 bits per heavy atom. The van der Waals surface area contributed by atoms with E-state index < -0.39 is 6.04 Å². The second-order valence-corrected chi connectivity index (χ2v) is 8.89. The predicted molar refractivity (Wildman–Crippen MR) is 130 cm³/mol. The number of fused-ring (bicyclic) bond motifs is 1. The molecule has 1 aliphatic heterocycles. The summed E-state index contributed by atoms with van der Waals surface area (Å²) >= 11 is 1.66. The van der Waals surface area contributed by atoms with Crippen LogP contribution in [0.15, 0.2) is 66.0 Å². The van der Waals surface area contributed by atoms with E-state index >= 15 is 0 Å². The van der Waals surface area contributed by atoms with Gasteiger partial charge < -0.3 is 10.6 Å². The fraction of sp³-hybridized carbons (Fsp3) is 0.240. The van der Waals surface area contributed by atoms with Crippen molar-refractivity contribution in [2.45, 2.75) is 13.0 Å². The van der Waals surface area contributed by atoms with Gasteiger partial charge in [-0.3, -0.25) is 9.69 Å². The first-order chi connectivity index (χ1) is 15.6. The third-order valence-electron chi connectivity index (χ3n) is 5.97. The molecule has 2 N–H and O–H groups in total. The number of aromatic nitrogens is 2. The summed E-state index contributed by atoms with van der Waals surface area (Å²) in [5.41, 5.74) is 9.08. The Balaban J connectivity index is 1.45. The monoisotopic (exact) mass is 443 g/mol. The van der Waals surface area contributed by atoms with Gasteiger partial charge >= 0.3 is 0 Å². The molecular formula is C25H25N5OS. The zero-order chi connectivity index (χ0) is 22.1. The Labute approximate surface area is 191 Å². The number of nitrogens with zero attached hydrogens (tertiary/aromatic N) is 4. The zero-order valence-corrected chi connectivity index (χ0v) is 18.8. The maximum absolute atomic E-state index is 12.3. The van der Waals surface area contributed by atoms with Gasteiger partial charge in [-0.2, -0.15) is 0 Å². The minimum absolute atomic E-state index is 0.311. The lowest BCUT2D eigenvalue weighted by molar-refractivity contribution is -0.123. The molecule has 1 atom stereocenters. The number of nitrogens with two attached hydrogens (primary N) is 1. The van der Waals surface area contributed by atoms with Crippen molar-refractivity contribution < 1.29 is 4.79 Å². The van der Waals surface area contributed by atoms with Crippen molar-refractivity contribution >= 4 is 33.3 Å². The van der Waals surface area contributed by atoms with Crippen LogP contribution in [0.3, 0.4) is 0 Å². The third-order valence-corrected chi connectivity index (χ3v) is 6.85. The molecule has 1 saturated heterocycles. The molecule has 4 aromatic rings. The molecule has 0 radical (unpaired) electrons. The minimum Gasteiger partial charge on any atom is -0.368 e. The van der Waals surface area contributed by atoms with Gasteiger partial charge in [-0.25, -0.2) is 9.97 Å². The quantitative estimate of drug-likeness (QED) is 0.504. The molecular weight excluding hydrogens is 418 g/mol. The SMILES string of the molecule is Cc1nc(N2CCN(C(C(N)=O)c3ccccc3)CC2)c2c(-c3ccccc3)csc2n1. The number of anilines is 1. The summed E-state index contributed by atoms with van der Waals surface area (Å²) in [4.78, 5) is 27.3. The van der Waals surface area contributed by atoms with Crippen LogP contribution in [0.4, 0.5) is 5.82 Å². The van der Waals surface area contributed by atoms with Crippen LogP contribution in [-0.4, -0.2) is 47.0 Å². The number of hydrogen-bond acceptors (Lipinski definition) is 6. The topological polar surface area (TPSA) is 75.3 Å². The van der Waals surface area contributed by atoms with Crippen LogP contribution >= 0.6 is 11.3 Å². The van der Waals surface area contributed by atoms with Gasteiger partial charge in [0.05, 0.1) is 5.39 Å². The van der Waals surface area contributed by atoms with E-state index in [0.29, 0.717) is 0 Å². The average molecular weight is 444 g/mol. The molecule has 32 heavy (non-hydrogen) atoms. The number of aryl methyl sites for hydroxylation is 1. The first-order valence-corrected chi connectivity index (χ1v) is 11.6. The zero-order valence-electron chi connectivity index (χ0n) is 17.9. The Bertz CT molecular complexity index is 1230. The van der Waals surface area contributed by atoms with E-state index in [4.69, 9.17) is 15.7 Å². The number of carbonyl (C=O) groups is 1. The van der Waals surface area contributed by atoms with Crippen molar-refractivity contribution in [1.82, 2.24) is 14.9 Å². The molecule has 162 valence electrons. The highest BCUT2D eigenvalue weighted by atomic mass is 32.1. The maximum Gasteiger partial charge on any atom is 0.239 e. The number of carbonyl (C=O) groups excluding carboxylic acids is 1. The van der Waals surface area contributed by atoms with E-state index in [9.17, 15) is 4.79 Å². The third kappa shape index (κ3) is 3.85. The van der Waals surface area contributed by atoms with Crippen LogP contribution in [0.2, 0.25) is 0 Å². The number of benzene rings is 2. The van der Waals surface area contributed by atoms with E-state index in [1.54, 1.807) is 11.3 Å². The van der Waals surface area contributed by atoms with Gasteiger partial charge in [0.25, 0.3) is 0 Å². The minimum atomic E-state index is -0.411. The second-order valence-electron chi connectivity index (χ2n) is 8.03. The van der Waals surface area contributed by atoms with Crippen molar-refractivity contribution in [3.63, 3.8) is 0 Å². The highest BCUT2D eigenvalue weighted by Crippen LogP contribution is 2.38. The smallest absolute Gasteiger partial charge is 0.239 e. The lowest BCUT2D eigenvalue weighted by Gasteiger charge is -2.39. The van der Waals surface area contributed by atoms with E-state index in [2.05, 4.69) is 39.4 Å². The van der Waals surface area contributed by atoms with Gasteiger partial charge in [0.15, 0.2) is 0 Å². The summed E-state index contributed by atoms with van der Waals surface area (Å²) in [6.45, 7) is 4.95. The molecule has 0 saturated carbocycles. The molecule has 0 bridgehead atoms. The molecule has 0 spiro atoms. The molecule has 6 nitrogen and oxygen atoms in total. The predicted octanol–water partition coefficient (Wildman–Crippen LogP) is 4.02. The molecule has 1 unspecified atom stereocenters. The molecule has 1 amide bonds. The van der Waals surface area contributed by atoms with Gasteiger partial charge in [-0.15, -0.1) is 11.3 Å². The Kier molecular flexibility index (Phi) is 5.59. The van der Waals surface area contributed by atoms with Gasteiger partial charge in [0.1, 0.15) is 22.5 Å². The number of rotatable bonds is 5. The van der Waals surface area contributed by atoms with Crippen LogP contribution in [0, 0.1) is 6.92 Å². The largest absolute Gasteiger partial charge is 0.368 e. The fourth-order valence-corrected chi connectivity index (χ4v) is 5.46. The lowest BCUT2D eigenvalue weighted by atomic mass is 10.0. The molecule has 5 rings (SSSR count). The molecule has 3 heterocycles. The average Bonchev–Trinajstić information content (AvgIpc) is 3.24. The first kappa shape index (κ1) is 20.6. The maximum atomic E-state index is 12.3. The summed E-state index contributed by atoms with van der Waals surface area (Å²) in [6.07, 6.45) is 0. The lowest BCUT2D eigenvalue weighted by Crippen LogP contribution is -2.50. The molecule has 1 aliphatic rings. The first-order valence-electron chi connectivity index (χ1n) is 10.8.